The molecule has 0 aliphatic heterocycles. The Kier molecular flexibility index (Phi) is 15.5. The molecule has 18 heteroatoms. The van der Waals surface area contributed by atoms with Gasteiger partial charge in [0.25, 0.3) is 6.33 Å². The monoisotopic (exact) mass is 864 g/mol. The number of ether oxygens (including phenoxy) is 1. The molecular weight excluding hydrogens is 827 g/mol. The van der Waals surface area contributed by atoms with Crippen molar-refractivity contribution >= 4 is 23.3 Å². The zero-order valence-electron chi connectivity index (χ0n) is 30.7. The summed E-state index contributed by atoms with van der Waals surface area (Å²) in [7, 11) is 0. The number of hydrogen-bond acceptors (Lipinski definition) is 9. The Hall–Kier alpha value is -5.09. The van der Waals surface area contributed by atoms with Gasteiger partial charge in [0, 0.05) is 33.6 Å². The third kappa shape index (κ3) is 11.2. The van der Waals surface area contributed by atoms with Gasteiger partial charge in [0.05, 0.1) is 28.9 Å². The van der Waals surface area contributed by atoms with Crippen molar-refractivity contribution in [2.24, 2.45) is 0 Å². The fraction of sp³-hybridized carbons (Fsp3) is 0.316. The van der Waals surface area contributed by atoms with E-state index in [0.717, 1.165) is 34.4 Å². The number of carbonyl (C=O) groups excluding carboxylic acids is 1. The number of aliphatic carboxylic acids is 1. The molecule has 0 saturated carbocycles. The number of alkyl halides is 3. The first kappa shape index (κ1) is 45.3. The van der Waals surface area contributed by atoms with Gasteiger partial charge >= 0.3 is 18.1 Å². The van der Waals surface area contributed by atoms with Crippen LogP contribution in [0.1, 0.15) is 59.5 Å². The van der Waals surface area contributed by atoms with Crippen LogP contribution in [0.5, 0.6) is 5.75 Å². The van der Waals surface area contributed by atoms with Crippen LogP contribution in [-0.4, -0.2) is 55.7 Å². The molecule has 3 N–H and O–H groups in total. The highest BCUT2D eigenvalue weighted by atomic mass is 79.9. The lowest BCUT2D eigenvalue weighted by Gasteiger charge is -2.32. The number of nitriles is 1. The fourth-order valence-corrected chi connectivity index (χ4v) is 6.66. The average molecular weight is 866 g/mol. The summed E-state index contributed by atoms with van der Waals surface area (Å²) in [5.41, 5.74) is 2.62. The van der Waals surface area contributed by atoms with Gasteiger partial charge in [0.15, 0.2) is 0 Å². The lowest BCUT2D eigenvalue weighted by molar-refractivity contribution is -0.689. The molecule has 0 amide bonds. The molecule has 0 aliphatic rings. The number of hydrogen-bond donors (Lipinski definition) is 3. The Balaban J connectivity index is 0.000000960. The van der Waals surface area contributed by atoms with Crippen LogP contribution in [0, 0.1) is 36.8 Å². The topological polar surface area (TPSA) is 154 Å². The van der Waals surface area contributed by atoms with Gasteiger partial charge in [0.1, 0.15) is 35.6 Å². The number of benzene rings is 3. The maximum absolute atomic E-state index is 15.3. The van der Waals surface area contributed by atoms with Crippen molar-refractivity contribution in [1.29, 1.82) is 5.26 Å². The van der Waals surface area contributed by atoms with E-state index in [1.165, 1.54) is 22.1 Å². The predicted molar refractivity (Wildman–Crippen MR) is 191 cm³/mol. The molecule has 0 spiro atoms. The second-order valence-corrected chi connectivity index (χ2v) is 13.6. The van der Waals surface area contributed by atoms with Crippen LogP contribution in [0.4, 0.5) is 22.0 Å². The lowest BCUT2D eigenvalue weighted by Crippen LogP contribution is -3.00. The Morgan fingerprint density at radius 1 is 1.07 bits per heavy atom. The number of nitrogens with zero attached hydrogens (tertiary/aromatic N) is 5. The maximum atomic E-state index is 15.3. The molecule has 1 unspecified atom stereocenters. The smallest absolute Gasteiger partial charge is 0.490 e. The Morgan fingerprint density at radius 3 is 2.25 bits per heavy atom. The second kappa shape index (κ2) is 19.2. The van der Waals surface area contributed by atoms with Gasteiger partial charge < -0.3 is 37.2 Å². The van der Waals surface area contributed by atoms with Crippen LogP contribution < -0.4 is 31.6 Å². The Bertz CT molecular complexity index is 2170. The van der Waals surface area contributed by atoms with E-state index in [0.29, 0.717) is 35.1 Å². The van der Waals surface area contributed by atoms with Gasteiger partial charge in [-0.1, -0.05) is 32.0 Å². The summed E-state index contributed by atoms with van der Waals surface area (Å²) in [5.74, 6) is -4.93. The summed E-state index contributed by atoms with van der Waals surface area (Å²) in [6, 6.07) is 15.7. The summed E-state index contributed by atoms with van der Waals surface area (Å²) in [4.78, 5) is 26.1. The van der Waals surface area contributed by atoms with Gasteiger partial charge in [-0.2, -0.15) is 18.4 Å². The molecule has 3 atom stereocenters. The standard InChI is InChI=1S/C36H37F2N6O3S.C2HF3O2.BrH/c1-6-40-25(5)35(45)47-33-22(2)13-27(14-23(33)3)17-43-20-41-44(21-43)19-36(46,30-12-11-29(37)15-31(30)38)24(4)34-42-32(18-48-34)28-9-7-26(16-39)8-10-28;3-2(4,5)1(6)7;/h7-15,18,20-21,24-25,40,46H,6,17,19H2,1-5H3;(H,6,7);1H/q+1;;/p-1/t24-,25?,36+;;/m0../s1. The van der Waals surface area contributed by atoms with Gasteiger partial charge in [0.2, 0.25) is 6.33 Å². The molecule has 3 aromatic carbocycles. The molecule has 298 valence electrons. The van der Waals surface area contributed by atoms with E-state index in [4.69, 9.17) is 24.9 Å². The lowest BCUT2D eigenvalue weighted by atomic mass is 9.82. The number of thiazole rings is 1. The molecule has 2 aromatic heterocycles. The number of esters is 1. The molecule has 11 nitrogen and oxygen atoms in total. The summed E-state index contributed by atoms with van der Waals surface area (Å²) in [5, 5.41) is 38.4. The Labute approximate surface area is 333 Å². The first-order chi connectivity index (χ1) is 25.9. The third-order valence-corrected chi connectivity index (χ3v) is 9.57. The first-order valence-electron chi connectivity index (χ1n) is 16.8. The molecule has 0 saturated heterocycles. The first-order valence-corrected chi connectivity index (χ1v) is 17.6. The Morgan fingerprint density at radius 2 is 1.70 bits per heavy atom. The normalized spacial score (nSPS) is 13.2. The van der Waals surface area contributed by atoms with Crippen LogP contribution in [0.15, 0.2) is 72.6 Å². The number of likely N-dealkylation sites (N-methyl/N-ethyl adjacent to an activating group) is 1. The number of nitrogens with one attached hydrogen (secondary N) is 1. The van der Waals surface area contributed by atoms with Crippen molar-refractivity contribution in [3.8, 4) is 23.1 Å². The molecule has 0 fully saturated rings. The summed E-state index contributed by atoms with van der Waals surface area (Å²) in [6.07, 6.45) is -1.77. The van der Waals surface area contributed by atoms with E-state index in [1.807, 2.05) is 42.9 Å². The number of aryl methyl sites for hydroxylation is 2. The zero-order chi connectivity index (χ0) is 40.7. The number of carboxylic acids is 1. The van der Waals surface area contributed by atoms with Crippen LogP contribution in [0.3, 0.4) is 0 Å². The van der Waals surface area contributed by atoms with Gasteiger partial charge in [-0.05, 0) is 74.3 Å². The number of aliphatic hydroxyl groups is 1. The molecule has 2 heterocycles. The highest BCUT2D eigenvalue weighted by Crippen LogP contribution is 2.41. The quantitative estimate of drug-likeness (QED) is 0.0743. The van der Waals surface area contributed by atoms with E-state index in [1.54, 1.807) is 50.8 Å². The summed E-state index contributed by atoms with van der Waals surface area (Å²) in [6.45, 7) is 10.1. The fourth-order valence-electron chi connectivity index (χ4n) is 5.69. The van der Waals surface area contributed by atoms with E-state index in [9.17, 15) is 27.5 Å². The van der Waals surface area contributed by atoms with E-state index < -0.39 is 41.3 Å². The number of aromatic nitrogens is 4. The summed E-state index contributed by atoms with van der Waals surface area (Å²) < 4.78 is 70.0. The van der Waals surface area contributed by atoms with Crippen LogP contribution in [-0.2, 0) is 28.3 Å². The molecule has 0 bridgehead atoms. The van der Waals surface area contributed by atoms with Crippen molar-refractivity contribution in [1.82, 2.24) is 20.1 Å². The highest BCUT2D eigenvalue weighted by molar-refractivity contribution is 7.10. The second-order valence-electron chi connectivity index (χ2n) is 12.7. The van der Waals surface area contributed by atoms with Gasteiger partial charge in [-0.15, -0.1) is 16.0 Å². The van der Waals surface area contributed by atoms with Crippen LogP contribution in [0.25, 0.3) is 11.3 Å². The minimum atomic E-state index is -5.08. The van der Waals surface area contributed by atoms with Crippen molar-refractivity contribution in [3.63, 3.8) is 0 Å². The molecule has 5 aromatic rings. The number of carboxylic acid groups (broad SMARTS) is 1. The molecule has 0 aliphatic carbocycles. The van der Waals surface area contributed by atoms with E-state index >= 15 is 4.39 Å². The number of carbonyl (C=O) groups is 2. The number of rotatable bonds is 12. The zero-order valence-corrected chi connectivity index (χ0v) is 33.1. The van der Waals surface area contributed by atoms with Crippen molar-refractivity contribution < 1.29 is 68.0 Å². The molecule has 56 heavy (non-hydrogen) atoms. The minimum Gasteiger partial charge on any atom is -1.00 e. The molecule has 5 rings (SSSR count). The van der Waals surface area contributed by atoms with Crippen molar-refractivity contribution in [2.75, 3.05) is 6.54 Å². The van der Waals surface area contributed by atoms with Crippen molar-refractivity contribution in [2.45, 2.75) is 71.4 Å². The summed E-state index contributed by atoms with van der Waals surface area (Å²) >= 11 is 1.32. The molecular formula is C38H38BrF5N6O5S. The van der Waals surface area contributed by atoms with E-state index in [2.05, 4.69) is 16.5 Å². The predicted octanol–water partition coefficient (Wildman–Crippen LogP) is 3.34. The minimum absolute atomic E-state index is 0. The van der Waals surface area contributed by atoms with Gasteiger partial charge in [-0.3, -0.25) is 0 Å². The van der Waals surface area contributed by atoms with Gasteiger partial charge in [-0.25, -0.2) is 27.9 Å². The largest absolute Gasteiger partial charge is 1.00 e. The van der Waals surface area contributed by atoms with Crippen molar-refractivity contribution in [3.05, 3.63) is 117 Å². The van der Waals surface area contributed by atoms with Crippen LogP contribution in [0.2, 0.25) is 0 Å². The van der Waals surface area contributed by atoms with E-state index in [-0.39, 0.29) is 35.1 Å². The average Bonchev–Trinajstić information content (AvgIpc) is 3.79. The van der Waals surface area contributed by atoms with Crippen LogP contribution >= 0.6 is 11.3 Å². The maximum Gasteiger partial charge on any atom is 0.490 e. The molecule has 0 radical (unpaired) electrons. The highest BCUT2D eigenvalue weighted by Gasteiger charge is 2.43. The third-order valence-electron chi connectivity index (χ3n) is 8.54. The SMILES string of the molecule is CCNC(C)C(=O)Oc1c(C)cc(C[n+]2cnn(C[C@](O)(c3ccc(F)cc3F)[C@@H](C)c3nc(-c4ccc(C#N)cc4)cs3)c2)cc1C.O=C(O)C(F)(F)F.[Br-]. The number of halogens is 6.